The number of amides is 1. The summed E-state index contributed by atoms with van der Waals surface area (Å²) in [5, 5.41) is 22.1. The fraction of sp³-hybridized carbons (Fsp3) is 0.179. The molecular formula is C28H23ClN2O5S. The third-order valence-electron chi connectivity index (χ3n) is 6.01. The second-order valence-electron chi connectivity index (χ2n) is 9.02. The van der Waals surface area contributed by atoms with Gasteiger partial charge in [0, 0.05) is 10.6 Å². The number of aliphatic hydroxyl groups excluding tert-OH is 1. The number of Topliss-reactive ketones (excluding diaryl/α,β-unsaturated/α-hetero) is 1. The van der Waals surface area contributed by atoms with Crippen molar-refractivity contribution in [3.05, 3.63) is 87.9 Å². The molecule has 1 unspecified atom stereocenters. The Morgan fingerprint density at radius 2 is 1.81 bits per heavy atom. The van der Waals surface area contributed by atoms with E-state index < -0.39 is 17.7 Å². The molecule has 1 fully saturated rings. The van der Waals surface area contributed by atoms with Crippen molar-refractivity contribution in [1.29, 1.82) is 0 Å². The molecule has 4 aromatic rings. The predicted molar refractivity (Wildman–Crippen MR) is 144 cm³/mol. The average molecular weight is 535 g/mol. The number of halogens is 1. The summed E-state index contributed by atoms with van der Waals surface area (Å²) in [6.07, 6.45) is -0.0262. The molecule has 7 nitrogen and oxygen atoms in total. The van der Waals surface area contributed by atoms with Crippen LogP contribution in [0.2, 0.25) is 5.02 Å². The molecular weight excluding hydrogens is 512 g/mol. The normalized spacial score (nSPS) is 17.2. The quantitative estimate of drug-likeness (QED) is 0.175. The number of aliphatic hydroxyl groups is 1. The van der Waals surface area contributed by atoms with Crippen LogP contribution in [0.3, 0.4) is 0 Å². The van der Waals surface area contributed by atoms with Crippen LogP contribution < -0.4 is 9.64 Å². The predicted octanol–water partition coefficient (Wildman–Crippen LogP) is 6.38. The van der Waals surface area contributed by atoms with Gasteiger partial charge in [0.1, 0.15) is 17.3 Å². The van der Waals surface area contributed by atoms with Gasteiger partial charge < -0.3 is 14.9 Å². The number of aromatic hydroxyl groups is 1. The highest BCUT2D eigenvalue weighted by Gasteiger charge is 2.48. The van der Waals surface area contributed by atoms with Crippen LogP contribution in [0.4, 0.5) is 5.13 Å². The number of phenols is 1. The number of fused-ring (bicyclic) bond motifs is 1. The van der Waals surface area contributed by atoms with E-state index in [1.165, 1.54) is 28.4 Å². The maximum atomic E-state index is 13.4. The SMILES string of the molecule is Cc1cc(/C(O)=C2\C(=O)C(=O)N(c3nc4ccc(Cl)cc4s3)C2c2ccc(O)cc2)ccc1OC(C)C. The molecule has 1 aliphatic rings. The van der Waals surface area contributed by atoms with Crippen molar-refractivity contribution in [3.8, 4) is 11.5 Å². The van der Waals surface area contributed by atoms with Crippen molar-refractivity contribution in [1.82, 2.24) is 4.98 Å². The lowest BCUT2D eigenvalue weighted by molar-refractivity contribution is -0.132. The van der Waals surface area contributed by atoms with Crippen molar-refractivity contribution in [2.45, 2.75) is 32.9 Å². The van der Waals surface area contributed by atoms with E-state index in [0.29, 0.717) is 32.5 Å². The van der Waals surface area contributed by atoms with Gasteiger partial charge in [0.25, 0.3) is 5.78 Å². The minimum absolute atomic E-state index is 0.0262. The molecule has 0 radical (unpaired) electrons. The van der Waals surface area contributed by atoms with Crippen LogP contribution in [0, 0.1) is 6.92 Å². The van der Waals surface area contributed by atoms with Crippen molar-refractivity contribution in [2.75, 3.05) is 4.90 Å². The summed E-state index contributed by atoms with van der Waals surface area (Å²) in [5.41, 5.74) is 2.26. The fourth-order valence-electron chi connectivity index (χ4n) is 4.33. The molecule has 2 heterocycles. The first-order valence-corrected chi connectivity index (χ1v) is 12.8. The number of rotatable bonds is 5. The zero-order valence-corrected chi connectivity index (χ0v) is 21.8. The highest BCUT2D eigenvalue weighted by Crippen LogP contribution is 2.45. The van der Waals surface area contributed by atoms with Crippen molar-refractivity contribution < 1.29 is 24.5 Å². The Hall–Kier alpha value is -3.88. The second-order valence-corrected chi connectivity index (χ2v) is 10.5. The van der Waals surface area contributed by atoms with E-state index in [1.807, 2.05) is 20.8 Å². The minimum atomic E-state index is -0.955. The Kier molecular flexibility index (Phi) is 6.39. The van der Waals surface area contributed by atoms with E-state index >= 15 is 0 Å². The number of benzene rings is 3. The van der Waals surface area contributed by atoms with Gasteiger partial charge in [0.05, 0.1) is 27.9 Å². The van der Waals surface area contributed by atoms with Crippen LogP contribution in [0.5, 0.6) is 11.5 Å². The Labute approximate surface area is 222 Å². The molecule has 3 aromatic carbocycles. The second kappa shape index (κ2) is 9.53. The van der Waals surface area contributed by atoms with Crippen LogP contribution in [0.15, 0.2) is 66.2 Å². The number of carbonyl (C=O) groups is 2. The van der Waals surface area contributed by atoms with Gasteiger partial charge in [-0.25, -0.2) is 4.98 Å². The zero-order valence-electron chi connectivity index (χ0n) is 20.2. The van der Waals surface area contributed by atoms with E-state index in [0.717, 1.165) is 10.3 Å². The van der Waals surface area contributed by atoms with Crippen molar-refractivity contribution in [3.63, 3.8) is 0 Å². The molecule has 37 heavy (non-hydrogen) atoms. The molecule has 188 valence electrons. The summed E-state index contributed by atoms with van der Waals surface area (Å²) in [6, 6.07) is 15.5. The van der Waals surface area contributed by atoms with Gasteiger partial charge in [-0.1, -0.05) is 35.1 Å². The molecule has 1 atom stereocenters. The van der Waals surface area contributed by atoms with Crippen LogP contribution >= 0.6 is 22.9 Å². The van der Waals surface area contributed by atoms with Gasteiger partial charge in [-0.15, -0.1) is 0 Å². The Morgan fingerprint density at radius 1 is 1.08 bits per heavy atom. The molecule has 0 spiro atoms. The summed E-state index contributed by atoms with van der Waals surface area (Å²) >= 11 is 7.36. The van der Waals surface area contributed by atoms with Crippen molar-refractivity contribution in [2.24, 2.45) is 0 Å². The molecule has 0 aliphatic carbocycles. The number of phenolic OH excluding ortho intramolecular Hbond substituents is 1. The number of hydrogen-bond acceptors (Lipinski definition) is 7. The third-order valence-corrected chi connectivity index (χ3v) is 7.26. The molecule has 5 rings (SSSR count). The van der Waals surface area contributed by atoms with Gasteiger partial charge in [-0.05, 0) is 80.4 Å². The number of anilines is 1. The number of aromatic nitrogens is 1. The number of nitrogens with zero attached hydrogens (tertiary/aromatic N) is 2. The first kappa shape index (κ1) is 24.8. The maximum Gasteiger partial charge on any atom is 0.301 e. The third kappa shape index (κ3) is 4.54. The largest absolute Gasteiger partial charge is 0.508 e. The van der Waals surface area contributed by atoms with E-state index in [2.05, 4.69) is 4.98 Å². The van der Waals surface area contributed by atoms with Crippen LogP contribution in [0.1, 0.15) is 36.6 Å². The maximum absolute atomic E-state index is 13.4. The molecule has 0 saturated carbocycles. The average Bonchev–Trinajstić information content (AvgIpc) is 3.38. The summed E-state index contributed by atoms with van der Waals surface area (Å²) in [4.78, 5) is 32.7. The Balaban J connectivity index is 1.68. The highest BCUT2D eigenvalue weighted by atomic mass is 35.5. The van der Waals surface area contributed by atoms with Gasteiger partial charge in [0.15, 0.2) is 5.13 Å². The lowest BCUT2D eigenvalue weighted by atomic mass is 9.95. The van der Waals surface area contributed by atoms with E-state index in [9.17, 15) is 19.8 Å². The Morgan fingerprint density at radius 3 is 2.49 bits per heavy atom. The van der Waals surface area contributed by atoms with Gasteiger partial charge in [0.2, 0.25) is 0 Å². The van der Waals surface area contributed by atoms with Gasteiger partial charge in [-0.3, -0.25) is 14.5 Å². The van der Waals surface area contributed by atoms with Crippen LogP contribution in [0.25, 0.3) is 16.0 Å². The summed E-state index contributed by atoms with van der Waals surface area (Å²) in [7, 11) is 0. The van der Waals surface area contributed by atoms with Crippen LogP contribution in [-0.4, -0.2) is 33.0 Å². The topological polar surface area (TPSA) is 100.0 Å². The molecule has 0 bridgehead atoms. The lowest BCUT2D eigenvalue weighted by Crippen LogP contribution is -2.29. The number of hydrogen-bond donors (Lipinski definition) is 2. The molecule has 9 heteroatoms. The lowest BCUT2D eigenvalue weighted by Gasteiger charge is -2.23. The standard InChI is InChI=1S/C28H23ClN2O5S/c1-14(2)36-21-11-6-17(12-15(21)3)25(33)23-24(16-4-8-19(32)9-5-16)31(27(35)26(23)34)28-30-20-10-7-18(29)13-22(20)37-28/h4-14,24,32-33H,1-3H3/b25-23+. The molecule has 1 saturated heterocycles. The molecule has 2 N–H and O–H groups in total. The van der Waals surface area contributed by atoms with E-state index in [-0.39, 0.29) is 23.2 Å². The molecule has 1 aliphatic heterocycles. The first-order valence-electron chi connectivity index (χ1n) is 11.6. The molecule has 1 amide bonds. The fourth-order valence-corrected chi connectivity index (χ4v) is 5.60. The summed E-state index contributed by atoms with van der Waals surface area (Å²) < 4.78 is 6.54. The zero-order chi connectivity index (χ0) is 26.4. The summed E-state index contributed by atoms with van der Waals surface area (Å²) in [6.45, 7) is 5.68. The number of carbonyl (C=O) groups excluding carboxylic acids is 2. The summed E-state index contributed by atoms with van der Waals surface area (Å²) in [5.74, 6) is -1.24. The first-order chi connectivity index (χ1) is 17.6. The van der Waals surface area contributed by atoms with E-state index in [4.69, 9.17) is 16.3 Å². The molecule has 1 aromatic heterocycles. The number of thiazole rings is 1. The smallest absolute Gasteiger partial charge is 0.301 e. The number of aryl methyl sites for hydroxylation is 1. The van der Waals surface area contributed by atoms with E-state index in [1.54, 1.807) is 48.5 Å². The van der Waals surface area contributed by atoms with Gasteiger partial charge in [-0.2, -0.15) is 0 Å². The van der Waals surface area contributed by atoms with Crippen molar-refractivity contribution >= 4 is 55.7 Å². The Bertz CT molecular complexity index is 1580. The number of ketones is 1. The van der Waals surface area contributed by atoms with Gasteiger partial charge >= 0.3 is 5.91 Å². The monoisotopic (exact) mass is 534 g/mol. The number of ether oxygens (including phenoxy) is 1. The highest BCUT2D eigenvalue weighted by molar-refractivity contribution is 7.22. The van der Waals surface area contributed by atoms with Crippen LogP contribution in [-0.2, 0) is 9.59 Å². The minimum Gasteiger partial charge on any atom is -0.508 e.